The minimum atomic E-state index is 0.355. The number of hydrogen-bond donors (Lipinski definition) is 3. The van der Waals surface area contributed by atoms with Crippen molar-refractivity contribution < 1.29 is 5.11 Å². The molecule has 0 aromatic heterocycles. The standard InChI is InChI=1S/C13H20N2O/c1-9(2)8-15-11-6-7-14-13-10(11)4-3-5-12(13)16/h3-5,9,11,14-16H,6-8H2,1-2H3. The molecule has 88 valence electrons. The summed E-state index contributed by atoms with van der Waals surface area (Å²) in [4.78, 5) is 0. The second-order valence-electron chi connectivity index (χ2n) is 4.81. The average Bonchev–Trinajstić information content (AvgIpc) is 2.27. The number of phenols is 1. The SMILES string of the molecule is CC(C)CNC1CCNc2c(O)cccc21. The number of nitrogens with one attached hydrogen (secondary N) is 2. The lowest BCUT2D eigenvalue weighted by molar-refractivity contribution is 0.443. The van der Waals surface area contributed by atoms with Crippen molar-refractivity contribution in [2.45, 2.75) is 26.3 Å². The van der Waals surface area contributed by atoms with Crippen LogP contribution in [-0.4, -0.2) is 18.2 Å². The topological polar surface area (TPSA) is 44.3 Å². The number of aromatic hydroxyl groups is 1. The average molecular weight is 220 g/mol. The highest BCUT2D eigenvalue weighted by Gasteiger charge is 2.21. The monoisotopic (exact) mass is 220 g/mol. The summed E-state index contributed by atoms with van der Waals surface area (Å²) in [5.41, 5.74) is 2.09. The molecule has 0 saturated heterocycles. The number of fused-ring (bicyclic) bond motifs is 1. The summed E-state index contributed by atoms with van der Waals surface area (Å²) in [5, 5.41) is 16.6. The van der Waals surface area contributed by atoms with Gasteiger partial charge in [-0.15, -0.1) is 0 Å². The quantitative estimate of drug-likeness (QED) is 0.686. The third-order valence-corrected chi connectivity index (χ3v) is 2.96. The molecule has 0 radical (unpaired) electrons. The summed E-state index contributed by atoms with van der Waals surface area (Å²) in [6.45, 7) is 6.34. The fourth-order valence-electron chi connectivity index (χ4n) is 2.13. The molecule has 0 amide bonds. The first-order valence-electron chi connectivity index (χ1n) is 5.97. The van der Waals surface area contributed by atoms with Crippen LogP contribution in [0, 0.1) is 5.92 Å². The summed E-state index contributed by atoms with van der Waals surface area (Å²) in [7, 11) is 0. The Morgan fingerprint density at radius 1 is 1.50 bits per heavy atom. The van der Waals surface area contributed by atoms with Crippen molar-refractivity contribution in [2.75, 3.05) is 18.4 Å². The van der Waals surface area contributed by atoms with Gasteiger partial charge in [0, 0.05) is 12.6 Å². The van der Waals surface area contributed by atoms with E-state index >= 15 is 0 Å². The lowest BCUT2D eigenvalue weighted by atomic mass is 9.97. The summed E-state index contributed by atoms with van der Waals surface area (Å²) in [6.07, 6.45) is 1.07. The van der Waals surface area contributed by atoms with Gasteiger partial charge in [0.05, 0.1) is 5.69 Å². The highest BCUT2D eigenvalue weighted by Crippen LogP contribution is 2.35. The summed E-state index contributed by atoms with van der Waals surface area (Å²) in [5.74, 6) is 1.00. The van der Waals surface area contributed by atoms with Crippen molar-refractivity contribution in [3.63, 3.8) is 0 Å². The van der Waals surface area contributed by atoms with Gasteiger partial charge < -0.3 is 15.7 Å². The first-order chi connectivity index (χ1) is 7.68. The smallest absolute Gasteiger partial charge is 0.139 e. The van der Waals surface area contributed by atoms with Gasteiger partial charge in [0.25, 0.3) is 0 Å². The van der Waals surface area contributed by atoms with Gasteiger partial charge in [0.1, 0.15) is 5.75 Å². The second kappa shape index (κ2) is 4.74. The van der Waals surface area contributed by atoms with E-state index in [1.165, 1.54) is 5.56 Å². The third kappa shape index (κ3) is 2.30. The Hall–Kier alpha value is -1.22. The summed E-state index contributed by atoms with van der Waals surface area (Å²) >= 11 is 0. The van der Waals surface area contributed by atoms with Crippen LogP contribution >= 0.6 is 0 Å². The van der Waals surface area contributed by atoms with Gasteiger partial charge >= 0.3 is 0 Å². The van der Waals surface area contributed by atoms with Gasteiger partial charge in [0.2, 0.25) is 0 Å². The molecule has 16 heavy (non-hydrogen) atoms. The fourth-order valence-corrected chi connectivity index (χ4v) is 2.13. The van der Waals surface area contributed by atoms with Crippen LogP contribution < -0.4 is 10.6 Å². The number of anilines is 1. The van der Waals surface area contributed by atoms with E-state index in [2.05, 4.69) is 30.5 Å². The molecule has 3 nitrogen and oxygen atoms in total. The van der Waals surface area contributed by atoms with E-state index < -0.39 is 0 Å². The van der Waals surface area contributed by atoms with Gasteiger partial charge in [-0.2, -0.15) is 0 Å². The van der Waals surface area contributed by atoms with Crippen LogP contribution in [0.25, 0.3) is 0 Å². The first-order valence-corrected chi connectivity index (χ1v) is 5.97. The molecule has 1 heterocycles. The second-order valence-corrected chi connectivity index (χ2v) is 4.81. The van der Waals surface area contributed by atoms with E-state index in [4.69, 9.17) is 0 Å². The summed E-state index contributed by atoms with van der Waals surface area (Å²) in [6, 6.07) is 6.09. The Morgan fingerprint density at radius 3 is 3.06 bits per heavy atom. The molecule has 0 aliphatic carbocycles. The zero-order valence-electron chi connectivity index (χ0n) is 9.96. The zero-order chi connectivity index (χ0) is 11.5. The first kappa shape index (κ1) is 11.3. The van der Waals surface area contributed by atoms with Crippen molar-refractivity contribution >= 4 is 5.69 Å². The van der Waals surface area contributed by atoms with Gasteiger partial charge in [-0.05, 0) is 30.5 Å². The van der Waals surface area contributed by atoms with E-state index in [1.807, 2.05) is 6.07 Å². The minimum absolute atomic E-state index is 0.355. The molecule has 0 spiro atoms. The molecule has 0 saturated carbocycles. The van der Waals surface area contributed by atoms with Crippen LogP contribution in [0.3, 0.4) is 0 Å². The lowest BCUT2D eigenvalue weighted by Gasteiger charge is -2.28. The van der Waals surface area contributed by atoms with Crippen LogP contribution in [0.2, 0.25) is 0 Å². The molecule has 3 heteroatoms. The largest absolute Gasteiger partial charge is 0.506 e. The highest BCUT2D eigenvalue weighted by atomic mass is 16.3. The van der Waals surface area contributed by atoms with Gasteiger partial charge in [-0.1, -0.05) is 26.0 Å². The van der Waals surface area contributed by atoms with E-state index in [0.29, 0.717) is 17.7 Å². The Bertz CT molecular complexity index is 363. The Morgan fingerprint density at radius 2 is 2.31 bits per heavy atom. The molecule has 1 aliphatic heterocycles. The highest BCUT2D eigenvalue weighted by molar-refractivity contribution is 5.63. The van der Waals surface area contributed by atoms with Gasteiger partial charge in [-0.25, -0.2) is 0 Å². The Balaban J connectivity index is 2.16. The number of phenolic OH excluding ortho intramolecular Hbond substituents is 1. The molecular weight excluding hydrogens is 200 g/mol. The Labute approximate surface area is 96.9 Å². The Kier molecular flexibility index (Phi) is 3.34. The maximum Gasteiger partial charge on any atom is 0.139 e. The van der Waals surface area contributed by atoms with Gasteiger partial charge in [0.15, 0.2) is 0 Å². The minimum Gasteiger partial charge on any atom is -0.506 e. The molecular formula is C13H20N2O. The van der Waals surface area contributed by atoms with Crippen molar-refractivity contribution in [1.29, 1.82) is 0 Å². The van der Waals surface area contributed by atoms with E-state index in [9.17, 15) is 5.11 Å². The van der Waals surface area contributed by atoms with Crippen LogP contribution in [0.5, 0.6) is 5.75 Å². The normalized spacial score (nSPS) is 19.3. The van der Waals surface area contributed by atoms with Crippen LogP contribution in [0.4, 0.5) is 5.69 Å². The van der Waals surface area contributed by atoms with Crippen LogP contribution in [0.15, 0.2) is 18.2 Å². The molecule has 0 fully saturated rings. The molecule has 3 N–H and O–H groups in total. The maximum absolute atomic E-state index is 9.76. The predicted molar refractivity (Wildman–Crippen MR) is 66.8 cm³/mol. The molecule has 2 rings (SSSR count). The zero-order valence-corrected chi connectivity index (χ0v) is 9.96. The number of rotatable bonds is 3. The van der Waals surface area contributed by atoms with E-state index in [1.54, 1.807) is 6.07 Å². The van der Waals surface area contributed by atoms with Crippen molar-refractivity contribution in [3.8, 4) is 5.75 Å². The molecule has 1 aromatic carbocycles. The number of benzene rings is 1. The van der Waals surface area contributed by atoms with Crippen molar-refractivity contribution in [1.82, 2.24) is 5.32 Å². The van der Waals surface area contributed by atoms with Crippen molar-refractivity contribution in [2.24, 2.45) is 5.92 Å². The lowest BCUT2D eigenvalue weighted by Crippen LogP contribution is -2.30. The predicted octanol–water partition coefficient (Wildman–Crippen LogP) is 2.49. The third-order valence-electron chi connectivity index (χ3n) is 2.96. The molecule has 1 aromatic rings. The van der Waals surface area contributed by atoms with Gasteiger partial charge in [-0.3, -0.25) is 0 Å². The fraction of sp³-hybridized carbons (Fsp3) is 0.538. The van der Waals surface area contributed by atoms with E-state index in [-0.39, 0.29) is 0 Å². The maximum atomic E-state index is 9.76. The molecule has 1 aliphatic rings. The molecule has 1 unspecified atom stereocenters. The van der Waals surface area contributed by atoms with Crippen molar-refractivity contribution in [3.05, 3.63) is 23.8 Å². The molecule has 1 atom stereocenters. The van der Waals surface area contributed by atoms with E-state index in [0.717, 1.165) is 25.2 Å². The number of hydrogen-bond acceptors (Lipinski definition) is 3. The van der Waals surface area contributed by atoms with Crippen LogP contribution in [-0.2, 0) is 0 Å². The number of para-hydroxylation sites is 1. The summed E-state index contributed by atoms with van der Waals surface area (Å²) < 4.78 is 0. The molecule has 0 bridgehead atoms. The van der Waals surface area contributed by atoms with Crippen LogP contribution in [0.1, 0.15) is 31.9 Å².